The van der Waals surface area contributed by atoms with Gasteiger partial charge in [-0.2, -0.15) is 0 Å². The Kier molecular flexibility index (Phi) is 5.08. The van der Waals surface area contributed by atoms with Gasteiger partial charge in [0.2, 0.25) is 5.91 Å². The first-order valence-electron chi connectivity index (χ1n) is 8.02. The summed E-state index contributed by atoms with van der Waals surface area (Å²) in [6, 6.07) is 9.17. The van der Waals surface area contributed by atoms with E-state index < -0.39 is 0 Å². The van der Waals surface area contributed by atoms with E-state index in [4.69, 9.17) is 4.42 Å². The van der Waals surface area contributed by atoms with Gasteiger partial charge in [0.25, 0.3) is 5.91 Å². The molecule has 0 bridgehead atoms. The molecule has 0 aliphatic heterocycles. The maximum absolute atomic E-state index is 12.7. The number of hydrogen-bond acceptors (Lipinski definition) is 4. The maximum atomic E-state index is 12.7. The number of anilines is 1. The lowest BCUT2D eigenvalue weighted by molar-refractivity contribution is -0.116. The first-order chi connectivity index (χ1) is 12.3. The number of fused-ring (bicyclic) bond motifs is 1. The summed E-state index contributed by atoms with van der Waals surface area (Å²) in [6.45, 7) is 3.64. The molecule has 0 spiro atoms. The Labute approximate surface area is 159 Å². The van der Waals surface area contributed by atoms with Crippen LogP contribution < -0.4 is 5.32 Å². The molecule has 134 valence electrons. The molecule has 0 fully saturated rings. The van der Waals surface area contributed by atoms with E-state index in [1.807, 2.05) is 32.0 Å². The van der Waals surface area contributed by atoms with E-state index in [2.05, 4.69) is 26.2 Å². The van der Waals surface area contributed by atoms with E-state index in [-0.39, 0.29) is 24.1 Å². The average molecular weight is 416 g/mol. The van der Waals surface area contributed by atoms with Crippen molar-refractivity contribution in [2.45, 2.75) is 13.8 Å². The van der Waals surface area contributed by atoms with Crippen molar-refractivity contribution < 1.29 is 14.0 Å². The normalized spacial score (nSPS) is 10.8. The van der Waals surface area contributed by atoms with Gasteiger partial charge in [-0.1, -0.05) is 15.9 Å². The number of nitrogens with one attached hydrogen (secondary N) is 1. The summed E-state index contributed by atoms with van der Waals surface area (Å²) in [5.41, 5.74) is 2.37. The largest absolute Gasteiger partial charge is 0.451 e. The molecule has 2 heterocycles. The van der Waals surface area contributed by atoms with Crippen molar-refractivity contribution in [3.05, 3.63) is 57.9 Å². The summed E-state index contributed by atoms with van der Waals surface area (Å²) in [4.78, 5) is 30.3. The molecule has 3 rings (SSSR count). The highest BCUT2D eigenvalue weighted by molar-refractivity contribution is 9.10. The van der Waals surface area contributed by atoms with Crippen LogP contribution in [0.3, 0.4) is 0 Å². The lowest BCUT2D eigenvalue weighted by Gasteiger charge is -2.15. The molecule has 0 aliphatic rings. The summed E-state index contributed by atoms with van der Waals surface area (Å²) in [5, 5.41) is 3.55. The van der Waals surface area contributed by atoms with Crippen molar-refractivity contribution >= 4 is 44.5 Å². The van der Waals surface area contributed by atoms with Gasteiger partial charge < -0.3 is 14.6 Å². The molecule has 7 heteroatoms. The van der Waals surface area contributed by atoms with Crippen molar-refractivity contribution in [1.82, 2.24) is 9.88 Å². The second-order valence-electron chi connectivity index (χ2n) is 6.12. The number of nitrogens with zero attached hydrogens (tertiary/aromatic N) is 2. The fourth-order valence-electron chi connectivity index (χ4n) is 2.64. The molecule has 2 aromatic heterocycles. The fraction of sp³-hybridized carbons (Fsp3) is 0.211. The Balaban J connectivity index is 1.73. The van der Waals surface area contributed by atoms with Crippen molar-refractivity contribution in [2.24, 2.45) is 0 Å². The predicted octanol–water partition coefficient (Wildman–Crippen LogP) is 3.92. The zero-order valence-electron chi connectivity index (χ0n) is 14.7. The molecule has 6 nitrogen and oxygen atoms in total. The summed E-state index contributed by atoms with van der Waals surface area (Å²) < 4.78 is 6.60. The van der Waals surface area contributed by atoms with Crippen LogP contribution in [0.4, 0.5) is 5.82 Å². The molecular weight excluding hydrogens is 398 g/mol. The zero-order chi connectivity index (χ0) is 18.8. The molecule has 0 radical (unpaired) electrons. The highest BCUT2D eigenvalue weighted by atomic mass is 79.9. The maximum Gasteiger partial charge on any atom is 0.290 e. The van der Waals surface area contributed by atoms with Crippen LogP contribution in [0, 0.1) is 13.8 Å². The third kappa shape index (κ3) is 3.77. The Bertz CT molecular complexity index is 997. The van der Waals surface area contributed by atoms with Gasteiger partial charge in [-0.05, 0) is 49.7 Å². The summed E-state index contributed by atoms with van der Waals surface area (Å²) in [6.07, 6.45) is 1.62. The quantitative estimate of drug-likeness (QED) is 0.700. The Morgan fingerprint density at radius 2 is 2.00 bits per heavy atom. The smallest absolute Gasteiger partial charge is 0.290 e. The summed E-state index contributed by atoms with van der Waals surface area (Å²) in [7, 11) is 1.56. The lowest BCUT2D eigenvalue weighted by atomic mass is 10.1. The van der Waals surface area contributed by atoms with Gasteiger partial charge >= 0.3 is 0 Å². The number of hydrogen-bond donors (Lipinski definition) is 1. The van der Waals surface area contributed by atoms with Crippen molar-refractivity contribution in [2.75, 3.05) is 18.9 Å². The highest BCUT2D eigenvalue weighted by Gasteiger charge is 2.22. The van der Waals surface area contributed by atoms with Gasteiger partial charge in [0.05, 0.1) is 0 Å². The van der Waals surface area contributed by atoms with Crippen LogP contribution in [0.5, 0.6) is 0 Å². The SMILES string of the molecule is Cc1ccnc(NC(=O)CN(C)C(=O)c2oc3ccc(Br)cc3c2C)c1. The van der Waals surface area contributed by atoms with Crippen LogP contribution >= 0.6 is 15.9 Å². The topological polar surface area (TPSA) is 75.4 Å². The lowest BCUT2D eigenvalue weighted by Crippen LogP contribution is -2.35. The van der Waals surface area contributed by atoms with Gasteiger partial charge in [-0.3, -0.25) is 9.59 Å². The van der Waals surface area contributed by atoms with Gasteiger partial charge in [-0.25, -0.2) is 4.98 Å². The first kappa shape index (κ1) is 18.1. The Hall–Kier alpha value is -2.67. The van der Waals surface area contributed by atoms with Gasteiger partial charge in [0.15, 0.2) is 5.76 Å². The number of likely N-dealkylation sites (N-methyl/N-ethyl adjacent to an activating group) is 1. The average Bonchev–Trinajstić information content (AvgIpc) is 2.90. The zero-order valence-corrected chi connectivity index (χ0v) is 16.3. The van der Waals surface area contributed by atoms with Crippen LogP contribution in [0.2, 0.25) is 0 Å². The number of aryl methyl sites for hydroxylation is 2. The number of carbonyl (C=O) groups is 2. The van der Waals surface area contributed by atoms with E-state index in [1.165, 1.54) is 4.90 Å². The summed E-state index contributed by atoms with van der Waals surface area (Å²) in [5.74, 6) is 0.0281. The van der Waals surface area contributed by atoms with E-state index >= 15 is 0 Å². The number of carbonyl (C=O) groups excluding carboxylic acids is 2. The highest BCUT2D eigenvalue weighted by Crippen LogP contribution is 2.28. The standard InChI is InChI=1S/C19H18BrN3O3/c1-11-6-7-21-16(8-11)22-17(24)10-23(3)19(25)18-12(2)14-9-13(20)4-5-15(14)26-18/h4-9H,10H2,1-3H3,(H,21,22,24). The Morgan fingerprint density at radius 3 is 2.73 bits per heavy atom. The molecular formula is C19H18BrN3O3. The minimum Gasteiger partial charge on any atom is -0.451 e. The molecule has 0 saturated heterocycles. The molecule has 2 amide bonds. The summed E-state index contributed by atoms with van der Waals surface area (Å²) >= 11 is 3.42. The molecule has 0 atom stereocenters. The molecule has 0 aliphatic carbocycles. The first-order valence-corrected chi connectivity index (χ1v) is 8.81. The van der Waals surface area contributed by atoms with Crippen LogP contribution in [-0.2, 0) is 4.79 Å². The van der Waals surface area contributed by atoms with Crippen molar-refractivity contribution in [1.29, 1.82) is 0 Å². The number of amides is 2. The van der Waals surface area contributed by atoms with Crippen molar-refractivity contribution in [3.63, 3.8) is 0 Å². The van der Waals surface area contributed by atoms with Crippen LogP contribution in [-0.4, -0.2) is 35.3 Å². The molecule has 1 N–H and O–H groups in total. The van der Waals surface area contributed by atoms with Crippen LogP contribution in [0.15, 0.2) is 45.4 Å². The molecule has 0 unspecified atom stereocenters. The van der Waals surface area contributed by atoms with Crippen LogP contribution in [0.1, 0.15) is 21.7 Å². The number of halogens is 1. The van der Waals surface area contributed by atoms with E-state index in [0.29, 0.717) is 11.4 Å². The number of pyridine rings is 1. The molecule has 0 saturated carbocycles. The van der Waals surface area contributed by atoms with Gasteiger partial charge in [0, 0.05) is 28.7 Å². The predicted molar refractivity (Wildman–Crippen MR) is 103 cm³/mol. The molecule has 3 aromatic rings. The number of benzene rings is 1. The third-order valence-electron chi connectivity index (χ3n) is 4.00. The molecule has 1 aromatic carbocycles. The minimum atomic E-state index is -0.345. The number of rotatable bonds is 4. The van der Waals surface area contributed by atoms with Gasteiger partial charge in [0.1, 0.15) is 17.9 Å². The third-order valence-corrected chi connectivity index (χ3v) is 4.50. The van der Waals surface area contributed by atoms with E-state index in [9.17, 15) is 9.59 Å². The number of aromatic nitrogens is 1. The van der Waals surface area contributed by atoms with Crippen LogP contribution in [0.25, 0.3) is 11.0 Å². The minimum absolute atomic E-state index is 0.103. The Morgan fingerprint density at radius 1 is 1.23 bits per heavy atom. The second kappa shape index (κ2) is 7.29. The van der Waals surface area contributed by atoms with E-state index in [0.717, 1.165) is 21.0 Å². The fourth-order valence-corrected chi connectivity index (χ4v) is 3.01. The van der Waals surface area contributed by atoms with E-state index in [1.54, 1.807) is 25.4 Å². The van der Waals surface area contributed by atoms with Crippen molar-refractivity contribution in [3.8, 4) is 0 Å². The number of furan rings is 1. The second-order valence-corrected chi connectivity index (χ2v) is 7.04. The monoisotopic (exact) mass is 415 g/mol. The van der Waals surface area contributed by atoms with Gasteiger partial charge in [-0.15, -0.1) is 0 Å². The molecule has 26 heavy (non-hydrogen) atoms.